The fourth-order valence-electron chi connectivity index (χ4n) is 1.55. The van der Waals surface area contributed by atoms with Crippen molar-refractivity contribution in [3.05, 3.63) is 61.7 Å². The third-order valence-corrected chi connectivity index (χ3v) is 3.12. The molecule has 0 saturated carbocycles. The zero-order valence-corrected chi connectivity index (χ0v) is 12.2. The predicted octanol–water partition coefficient (Wildman–Crippen LogP) is 3.66. The second kappa shape index (κ2) is 5.98. The molecule has 0 unspecified atom stereocenters. The summed E-state index contributed by atoms with van der Waals surface area (Å²) in [6.07, 6.45) is 0. The van der Waals surface area contributed by atoms with Crippen molar-refractivity contribution in [2.75, 3.05) is 5.32 Å². The molecule has 1 aromatic heterocycles. The molecule has 6 nitrogen and oxygen atoms in total. The van der Waals surface area contributed by atoms with Gasteiger partial charge in [0.15, 0.2) is 0 Å². The maximum absolute atomic E-state index is 12.1. The van der Waals surface area contributed by atoms with Crippen molar-refractivity contribution in [2.24, 2.45) is 0 Å². The van der Waals surface area contributed by atoms with Crippen molar-refractivity contribution >= 4 is 44.9 Å². The molecule has 1 heterocycles. The average molecular weight is 357 g/mol. The first-order valence-electron chi connectivity index (χ1n) is 5.36. The molecular formula is C12H7BrClN3O3. The summed E-state index contributed by atoms with van der Waals surface area (Å²) >= 11 is 8.92. The number of anilines is 1. The normalized spacial score (nSPS) is 10.1. The first-order valence-corrected chi connectivity index (χ1v) is 6.53. The van der Waals surface area contributed by atoms with Crippen LogP contribution in [-0.4, -0.2) is 15.8 Å². The number of nitrogens with one attached hydrogen (secondary N) is 1. The number of amides is 1. The number of carbonyl (C=O) groups is 1. The fraction of sp³-hybridized carbons (Fsp3) is 0. The van der Waals surface area contributed by atoms with Gasteiger partial charge in [-0.15, -0.1) is 0 Å². The highest BCUT2D eigenvalue weighted by molar-refractivity contribution is 9.10. The quantitative estimate of drug-likeness (QED) is 0.516. The van der Waals surface area contributed by atoms with E-state index in [1.165, 1.54) is 18.2 Å². The van der Waals surface area contributed by atoms with Gasteiger partial charge in [-0.2, -0.15) is 0 Å². The molecule has 0 atom stereocenters. The highest BCUT2D eigenvalue weighted by Gasteiger charge is 2.23. The van der Waals surface area contributed by atoms with Gasteiger partial charge in [-0.1, -0.05) is 23.7 Å². The maximum atomic E-state index is 12.1. The van der Waals surface area contributed by atoms with E-state index in [1.54, 1.807) is 18.2 Å². The van der Waals surface area contributed by atoms with Crippen LogP contribution < -0.4 is 5.32 Å². The lowest BCUT2D eigenvalue weighted by Gasteiger charge is -2.06. The first kappa shape index (κ1) is 14.4. The predicted molar refractivity (Wildman–Crippen MR) is 78.0 cm³/mol. The Labute approximate surface area is 127 Å². The number of halogens is 2. The summed E-state index contributed by atoms with van der Waals surface area (Å²) in [6.45, 7) is 0. The van der Waals surface area contributed by atoms with Crippen LogP contribution in [0.25, 0.3) is 0 Å². The molecule has 0 fully saturated rings. The largest absolute Gasteiger partial charge is 0.306 e. The van der Waals surface area contributed by atoms with Gasteiger partial charge in [0.05, 0.1) is 4.92 Å². The first-order chi connectivity index (χ1) is 9.49. The van der Waals surface area contributed by atoms with Gasteiger partial charge in [0.1, 0.15) is 21.0 Å². The molecule has 0 saturated heterocycles. The number of hydrogen-bond donors (Lipinski definition) is 1. The van der Waals surface area contributed by atoms with Crippen molar-refractivity contribution in [3.63, 3.8) is 0 Å². The molecule has 8 heteroatoms. The van der Waals surface area contributed by atoms with Crippen LogP contribution in [0.5, 0.6) is 0 Å². The van der Waals surface area contributed by atoms with E-state index in [4.69, 9.17) is 11.6 Å². The highest BCUT2D eigenvalue weighted by atomic mass is 79.9. The molecule has 2 aromatic rings. The lowest BCUT2D eigenvalue weighted by atomic mass is 10.1. The van der Waals surface area contributed by atoms with E-state index in [-0.39, 0.29) is 16.4 Å². The maximum Gasteiger partial charge on any atom is 0.300 e. The van der Waals surface area contributed by atoms with Crippen LogP contribution >= 0.6 is 27.5 Å². The van der Waals surface area contributed by atoms with Gasteiger partial charge in [0, 0.05) is 0 Å². The Bertz CT molecular complexity index is 693. The smallest absolute Gasteiger partial charge is 0.300 e. The number of benzene rings is 1. The number of carbonyl (C=O) groups excluding carboxylic acids is 1. The minimum absolute atomic E-state index is 0.0927. The van der Waals surface area contributed by atoms with E-state index in [2.05, 4.69) is 26.2 Å². The fourth-order valence-corrected chi connectivity index (χ4v) is 2.13. The van der Waals surface area contributed by atoms with Gasteiger partial charge in [-0.05, 0) is 40.2 Å². The summed E-state index contributed by atoms with van der Waals surface area (Å²) < 4.78 is 0.538. The Morgan fingerprint density at radius 1 is 1.30 bits per heavy atom. The van der Waals surface area contributed by atoms with Gasteiger partial charge in [0.25, 0.3) is 5.91 Å². The number of para-hydroxylation sites is 1. The number of pyridine rings is 1. The van der Waals surface area contributed by atoms with Gasteiger partial charge in [0.2, 0.25) is 0 Å². The van der Waals surface area contributed by atoms with Crippen LogP contribution in [0.1, 0.15) is 10.4 Å². The topological polar surface area (TPSA) is 85.1 Å². The number of hydrogen-bond acceptors (Lipinski definition) is 4. The zero-order valence-electron chi connectivity index (χ0n) is 9.84. The summed E-state index contributed by atoms with van der Waals surface area (Å²) in [7, 11) is 0. The van der Waals surface area contributed by atoms with Crippen LogP contribution in [0.2, 0.25) is 5.02 Å². The zero-order chi connectivity index (χ0) is 14.7. The summed E-state index contributed by atoms with van der Waals surface area (Å²) in [5.41, 5.74) is -0.550. The number of nitro benzene ring substituents is 1. The Kier molecular flexibility index (Phi) is 4.31. The van der Waals surface area contributed by atoms with Crippen molar-refractivity contribution in [1.29, 1.82) is 0 Å². The Balaban J connectivity index is 2.35. The lowest BCUT2D eigenvalue weighted by Crippen LogP contribution is -2.15. The van der Waals surface area contributed by atoms with E-state index >= 15 is 0 Å². The summed E-state index contributed by atoms with van der Waals surface area (Å²) in [6, 6.07) is 9.10. The monoisotopic (exact) mass is 355 g/mol. The van der Waals surface area contributed by atoms with Crippen LogP contribution in [0, 0.1) is 10.1 Å². The number of rotatable bonds is 3. The minimum Gasteiger partial charge on any atom is -0.306 e. The molecule has 1 N–H and O–H groups in total. The molecule has 0 aliphatic rings. The molecule has 2 rings (SSSR count). The summed E-state index contributed by atoms with van der Waals surface area (Å²) in [4.78, 5) is 26.4. The van der Waals surface area contributed by atoms with Crippen LogP contribution in [0.3, 0.4) is 0 Å². The second-order valence-corrected chi connectivity index (χ2v) is 4.91. The second-order valence-electron chi connectivity index (χ2n) is 3.69. The third kappa shape index (κ3) is 3.12. The number of nitro groups is 1. The highest BCUT2D eigenvalue weighted by Crippen LogP contribution is 2.28. The molecule has 0 spiro atoms. The van der Waals surface area contributed by atoms with Crippen LogP contribution in [0.4, 0.5) is 11.5 Å². The van der Waals surface area contributed by atoms with Crippen molar-refractivity contribution in [1.82, 2.24) is 4.98 Å². The van der Waals surface area contributed by atoms with Crippen molar-refractivity contribution in [3.8, 4) is 0 Å². The molecule has 1 aromatic carbocycles. The molecular weight excluding hydrogens is 350 g/mol. The number of aromatic nitrogens is 1. The van der Waals surface area contributed by atoms with E-state index in [0.717, 1.165) is 0 Å². The number of nitrogens with zero attached hydrogens (tertiary/aromatic N) is 2. The lowest BCUT2D eigenvalue weighted by molar-refractivity contribution is -0.385. The standard InChI is InChI=1S/C12H7BrClN3O3/c13-9-5-2-6-10(15-9)16-12(18)7-3-1-4-8(14)11(7)17(19)20/h1-6H,(H,15,16,18). The van der Waals surface area contributed by atoms with Crippen molar-refractivity contribution < 1.29 is 9.72 Å². The van der Waals surface area contributed by atoms with Crippen LogP contribution in [0.15, 0.2) is 41.0 Å². The van der Waals surface area contributed by atoms with Gasteiger partial charge in [-0.25, -0.2) is 4.98 Å². The van der Waals surface area contributed by atoms with E-state index < -0.39 is 16.5 Å². The molecule has 0 aliphatic heterocycles. The summed E-state index contributed by atoms with van der Waals surface area (Å²) in [5, 5.41) is 13.4. The molecule has 0 radical (unpaired) electrons. The Hall–Kier alpha value is -1.99. The van der Waals surface area contributed by atoms with E-state index in [0.29, 0.717) is 4.60 Å². The van der Waals surface area contributed by atoms with Gasteiger partial charge >= 0.3 is 5.69 Å². The summed E-state index contributed by atoms with van der Waals surface area (Å²) in [5.74, 6) is -0.372. The van der Waals surface area contributed by atoms with Crippen molar-refractivity contribution in [2.45, 2.75) is 0 Å². The Morgan fingerprint density at radius 3 is 2.65 bits per heavy atom. The van der Waals surface area contributed by atoms with Gasteiger partial charge < -0.3 is 5.32 Å². The minimum atomic E-state index is -0.689. The van der Waals surface area contributed by atoms with Crippen LogP contribution in [-0.2, 0) is 0 Å². The van der Waals surface area contributed by atoms with E-state index in [1.807, 2.05) is 0 Å². The van der Waals surface area contributed by atoms with E-state index in [9.17, 15) is 14.9 Å². The molecule has 1 amide bonds. The Morgan fingerprint density at radius 2 is 2.00 bits per heavy atom. The average Bonchev–Trinajstić information content (AvgIpc) is 2.37. The van der Waals surface area contributed by atoms with Gasteiger partial charge in [-0.3, -0.25) is 14.9 Å². The molecule has 102 valence electrons. The molecule has 0 bridgehead atoms. The SMILES string of the molecule is O=C(Nc1cccc(Br)n1)c1cccc(Cl)c1[N+](=O)[O-]. The molecule has 0 aliphatic carbocycles. The molecule has 20 heavy (non-hydrogen) atoms. The third-order valence-electron chi connectivity index (χ3n) is 2.37.